The van der Waals surface area contributed by atoms with Crippen LogP contribution in [0.4, 0.5) is 0 Å². The van der Waals surface area contributed by atoms with E-state index in [2.05, 4.69) is 59.2 Å². The monoisotopic (exact) mass is 322 g/mol. The molecule has 0 spiro atoms. The lowest BCUT2D eigenvalue weighted by Crippen LogP contribution is -2.53. The molecular weight excluding hydrogens is 296 g/mol. The van der Waals surface area contributed by atoms with Crippen LogP contribution in [0.3, 0.4) is 0 Å². The number of nitrogens with zero attached hydrogens (tertiary/aromatic N) is 2. The molecule has 1 aliphatic heterocycles. The second-order valence-corrected chi connectivity index (χ2v) is 6.64. The van der Waals surface area contributed by atoms with E-state index in [4.69, 9.17) is 0 Å². The quantitative estimate of drug-likeness (QED) is 0.843. The number of amides is 1. The van der Waals surface area contributed by atoms with Crippen molar-refractivity contribution in [3.05, 3.63) is 71.8 Å². The minimum Gasteiger partial charge on any atom is -0.337 e. The summed E-state index contributed by atoms with van der Waals surface area (Å²) in [6, 6.07) is 21.1. The van der Waals surface area contributed by atoms with Crippen molar-refractivity contribution in [1.82, 2.24) is 9.80 Å². The molecular formula is C21H26N2O. The van der Waals surface area contributed by atoms with Gasteiger partial charge in [0.05, 0.1) is 0 Å². The minimum absolute atomic E-state index is 0.283. The lowest BCUT2D eigenvalue weighted by atomic mass is 10.1. The van der Waals surface area contributed by atoms with Gasteiger partial charge in [-0.15, -0.1) is 0 Å². The lowest BCUT2D eigenvalue weighted by Gasteiger charge is -2.40. The summed E-state index contributed by atoms with van der Waals surface area (Å²) in [5, 5.41) is 0. The van der Waals surface area contributed by atoms with Gasteiger partial charge in [0, 0.05) is 38.6 Å². The van der Waals surface area contributed by atoms with Crippen molar-refractivity contribution in [3.8, 4) is 0 Å². The minimum atomic E-state index is 0.283. The molecule has 1 atom stereocenters. The molecule has 1 aliphatic rings. The van der Waals surface area contributed by atoms with Crippen LogP contribution in [0.1, 0.15) is 24.5 Å². The maximum Gasteiger partial charge on any atom is 0.223 e. The number of benzene rings is 2. The number of carbonyl (C=O) groups excluding carboxylic acids is 1. The first-order valence-corrected chi connectivity index (χ1v) is 8.82. The fourth-order valence-corrected chi connectivity index (χ4v) is 3.43. The Kier molecular flexibility index (Phi) is 5.65. The molecule has 0 N–H and O–H groups in total. The maximum absolute atomic E-state index is 12.6. The van der Waals surface area contributed by atoms with Crippen molar-refractivity contribution in [3.63, 3.8) is 0 Å². The SMILES string of the molecule is CC1CN(Cc2ccccc2)CCN1C(=O)CCc1ccccc1. The Morgan fingerprint density at radius 2 is 1.58 bits per heavy atom. The molecule has 126 valence electrons. The summed E-state index contributed by atoms with van der Waals surface area (Å²) in [6.45, 7) is 5.87. The molecule has 1 heterocycles. The predicted molar refractivity (Wildman–Crippen MR) is 97.7 cm³/mol. The van der Waals surface area contributed by atoms with Gasteiger partial charge in [-0.2, -0.15) is 0 Å². The van der Waals surface area contributed by atoms with Crippen LogP contribution in [0.15, 0.2) is 60.7 Å². The van der Waals surface area contributed by atoms with Crippen molar-refractivity contribution < 1.29 is 4.79 Å². The number of hydrogen-bond donors (Lipinski definition) is 0. The van der Waals surface area contributed by atoms with Gasteiger partial charge in [-0.3, -0.25) is 9.69 Å². The van der Waals surface area contributed by atoms with Crippen LogP contribution >= 0.6 is 0 Å². The van der Waals surface area contributed by atoms with Crippen molar-refractivity contribution >= 4 is 5.91 Å². The van der Waals surface area contributed by atoms with Crippen LogP contribution in [-0.2, 0) is 17.8 Å². The Morgan fingerprint density at radius 1 is 0.958 bits per heavy atom. The Labute approximate surface area is 144 Å². The number of rotatable bonds is 5. The van der Waals surface area contributed by atoms with Crippen LogP contribution in [0.5, 0.6) is 0 Å². The first-order valence-electron chi connectivity index (χ1n) is 8.82. The normalized spacial score (nSPS) is 18.5. The predicted octanol–water partition coefficient (Wildman–Crippen LogP) is 3.35. The van der Waals surface area contributed by atoms with E-state index in [1.165, 1.54) is 11.1 Å². The van der Waals surface area contributed by atoms with Crippen LogP contribution in [0.25, 0.3) is 0 Å². The fourth-order valence-electron chi connectivity index (χ4n) is 3.43. The third kappa shape index (κ3) is 4.45. The zero-order valence-corrected chi connectivity index (χ0v) is 14.4. The second-order valence-electron chi connectivity index (χ2n) is 6.64. The second kappa shape index (κ2) is 8.11. The van der Waals surface area contributed by atoms with Crippen molar-refractivity contribution in [2.75, 3.05) is 19.6 Å². The summed E-state index contributed by atoms with van der Waals surface area (Å²) >= 11 is 0. The third-order valence-corrected chi connectivity index (χ3v) is 4.75. The van der Waals surface area contributed by atoms with Gasteiger partial charge in [0.25, 0.3) is 0 Å². The average molecular weight is 322 g/mol. The Morgan fingerprint density at radius 3 is 2.21 bits per heavy atom. The lowest BCUT2D eigenvalue weighted by molar-refractivity contribution is -0.135. The van der Waals surface area contributed by atoms with Crippen LogP contribution in [0, 0.1) is 0 Å². The molecule has 1 saturated heterocycles. The molecule has 3 heteroatoms. The van der Waals surface area contributed by atoms with Gasteiger partial charge in [0.15, 0.2) is 0 Å². The highest BCUT2D eigenvalue weighted by molar-refractivity contribution is 5.77. The van der Waals surface area contributed by atoms with Gasteiger partial charge in [0.2, 0.25) is 5.91 Å². The maximum atomic E-state index is 12.6. The van der Waals surface area contributed by atoms with E-state index in [0.29, 0.717) is 6.42 Å². The smallest absolute Gasteiger partial charge is 0.223 e. The van der Waals surface area contributed by atoms with Crippen LogP contribution < -0.4 is 0 Å². The highest BCUT2D eigenvalue weighted by atomic mass is 16.2. The van der Waals surface area contributed by atoms with Crippen LogP contribution in [-0.4, -0.2) is 41.4 Å². The molecule has 3 rings (SSSR count). The van der Waals surface area contributed by atoms with Gasteiger partial charge in [-0.05, 0) is 24.5 Å². The summed E-state index contributed by atoms with van der Waals surface area (Å²) in [5.41, 5.74) is 2.58. The molecule has 3 nitrogen and oxygen atoms in total. The molecule has 2 aromatic rings. The van der Waals surface area contributed by atoms with E-state index < -0.39 is 0 Å². The fraction of sp³-hybridized carbons (Fsp3) is 0.381. The van der Waals surface area contributed by atoms with Crippen LogP contribution in [0.2, 0.25) is 0 Å². The summed E-state index contributed by atoms with van der Waals surface area (Å²) < 4.78 is 0. The Balaban J connectivity index is 1.49. The molecule has 1 unspecified atom stereocenters. The number of aryl methyl sites for hydroxylation is 1. The molecule has 24 heavy (non-hydrogen) atoms. The molecule has 1 fully saturated rings. The number of carbonyl (C=O) groups is 1. The standard InChI is InChI=1S/C21H26N2O/c1-18-16-22(17-20-10-6-3-7-11-20)14-15-23(18)21(24)13-12-19-8-4-2-5-9-19/h2-11,18H,12-17H2,1H3. The van der Waals surface area contributed by atoms with Crippen molar-refractivity contribution in [1.29, 1.82) is 0 Å². The van der Waals surface area contributed by atoms with Gasteiger partial charge >= 0.3 is 0 Å². The summed E-state index contributed by atoms with van der Waals surface area (Å²) in [7, 11) is 0. The van der Waals surface area contributed by atoms with Gasteiger partial charge in [-0.1, -0.05) is 60.7 Å². The van der Waals surface area contributed by atoms with E-state index in [0.717, 1.165) is 32.6 Å². The van der Waals surface area contributed by atoms with Gasteiger partial charge in [0.1, 0.15) is 0 Å². The van der Waals surface area contributed by atoms with E-state index in [9.17, 15) is 4.79 Å². The first-order chi connectivity index (χ1) is 11.7. The summed E-state index contributed by atoms with van der Waals surface area (Å²) in [5.74, 6) is 0.283. The van der Waals surface area contributed by atoms with Crippen molar-refractivity contribution in [2.45, 2.75) is 32.4 Å². The van der Waals surface area contributed by atoms with E-state index in [1.54, 1.807) is 0 Å². The third-order valence-electron chi connectivity index (χ3n) is 4.75. The first kappa shape index (κ1) is 16.7. The van der Waals surface area contributed by atoms with E-state index >= 15 is 0 Å². The molecule has 0 radical (unpaired) electrons. The Hall–Kier alpha value is -2.13. The topological polar surface area (TPSA) is 23.6 Å². The van der Waals surface area contributed by atoms with E-state index in [1.807, 2.05) is 18.2 Å². The molecule has 0 bridgehead atoms. The average Bonchev–Trinajstić information content (AvgIpc) is 2.61. The van der Waals surface area contributed by atoms with Crippen molar-refractivity contribution in [2.24, 2.45) is 0 Å². The molecule has 1 amide bonds. The number of piperazine rings is 1. The zero-order chi connectivity index (χ0) is 16.8. The number of hydrogen-bond acceptors (Lipinski definition) is 2. The van der Waals surface area contributed by atoms with Gasteiger partial charge in [-0.25, -0.2) is 0 Å². The zero-order valence-electron chi connectivity index (χ0n) is 14.4. The van der Waals surface area contributed by atoms with Gasteiger partial charge < -0.3 is 4.90 Å². The summed E-state index contributed by atoms with van der Waals surface area (Å²) in [4.78, 5) is 17.1. The highest BCUT2D eigenvalue weighted by Crippen LogP contribution is 2.15. The Bertz CT molecular complexity index is 641. The summed E-state index contributed by atoms with van der Waals surface area (Å²) in [6.07, 6.45) is 1.43. The highest BCUT2D eigenvalue weighted by Gasteiger charge is 2.26. The molecule has 0 saturated carbocycles. The molecule has 0 aromatic heterocycles. The molecule has 0 aliphatic carbocycles. The molecule has 2 aromatic carbocycles. The largest absolute Gasteiger partial charge is 0.337 e. The van der Waals surface area contributed by atoms with E-state index in [-0.39, 0.29) is 11.9 Å².